The van der Waals surface area contributed by atoms with Crippen molar-refractivity contribution in [2.24, 2.45) is 0 Å². The summed E-state index contributed by atoms with van der Waals surface area (Å²) in [5.41, 5.74) is 0.246. The van der Waals surface area contributed by atoms with Gasteiger partial charge in [-0.3, -0.25) is 13.9 Å². The van der Waals surface area contributed by atoms with Gasteiger partial charge in [-0.25, -0.2) is 12.8 Å². The molecule has 9 nitrogen and oxygen atoms in total. The zero-order chi connectivity index (χ0) is 29.3. The summed E-state index contributed by atoms with van der Waals surface area (Å²) < 4.78 is 54.2. The SMILES string of the molecule is CCCNC(=O)C(C)N(Cc1ccccc1F)C(=O)CN(c1cc(OC)ccc1OC)S(=O)(=O)c1ccccc1. The number of halogens is 1. The van der Waals surface area contributed by atoms with Gasteiger partial charge in [0.15, 0.2) is 0 Å². The summed E-state index contributed by atoms with van der Waals surface area (Å²) in [4.78, 5) is 28.0. The largest absolute Gasteiger partial charge is 0.497 e. The average molecular weight is 572 g/mol. The van der Waals surface area contributed by atoms with Gasteiger partial charge in [-0.2, -0.15) is 0 Å². The van der Waals surface area contributed by atoms with Crippen LogP contribution in [0.2, 0.25) is 0 Å². The summed E-state index contributed by atoms with van der Waals surface area (Å²) in [6.07, 6.45) is 0.679. The molecule has 0 aliphatic rings. The molecule has 0 aliphatic heterocycles. The fourth-order valence-electron chi connectivity index (χ4n) is 4.01. The highest BCUT2D eigenvalue weighted by Crippen LogP contribution is 2.36. The minimum atomic E-state index is -4.31. The lowest BCUT2D eigenvalue weighted by molar-refractivity contribution is -0.139. The number of hydrogen-bond donors (Lipinski definition) is 1. The van der Waals surface area contributed by atoms with E-state index in [1.807, 2.05) is 6.92 Å². The highest BCUT2D eigenvalue weighted by molar-refractivity contribution is 7.92. The summed E-state index contributed by atoms with van der Waals surface area (Å²) in [6.45, 7) is 2.86. The summed E-state index contributed by atoms with van der Waals surface area (Å²) >= 11 is 0. The van der Waals surface area contributed by atoms with Gasteiger partial charge >= 0.3 is 0 Å². The Labute approximate surface area is 234 Å². The van der Waals surface area contributed by atoms with Crippen molar-refractivity contribution in [3.63, 3.8) is 0 Å². The molecule has 0 saturated heterocycles. The van der Waals surface area contributed by atoms with Crippen molar-refractivity contribution in [2.45, 2.75) is 37.8 Å². The van der Waals surface area contributed by atoms with E-state index in [1.165, 1.54) is 68.5 Å². The monoisotopic (exact) mass is 571 g/mol. The molecular formula is C29H34FN3O6S. The van der Waals surface area contributed by atoms with E-state index < -0.39 is 40.2 Å². The van der Waals surface area contributed by atoms with Gasteiger partial charge in [0.25, 0.3) is 10.0 Å². The van der Waals surface area contributed by atoms with E-state index in [0.29, 0.717) is 18.7 Å². The van der Waals surface area contributed by atoms with Gasteiger partial charge in [-0.05, 0) is 43.7 Å². The van der Waals surface area contributed by atoms with E-state index in [9.17, 15) is 22.4 Å². The normalized spacial score (nSPS) is 11.8. The van der Waals surface area contributed by atoms with Crippen molar-refractivity contribution in [2.75, 3.05) is 31.6 Å². The van der Waals surface area contributed by atoms with Crippen LogP contribution in [-0.2, 0) is 26.2 Å². The van der Waals surface area contributed by atoms with Gasteiger partial charge < -0.3 is 19.7 Å². The number of rotatable bonds is 13. The summed E-state index contributed by atoms with van der Waals surface area (Å²) in [7, 11) is -1.50. The number of methoxy groups -OCH3 is 2. The molecule has 11 heteroatoms. The van der Waals surface area contributed by atoms with Gasteiger partial charge in [0.1, 0.15) is 29.9 Å². The number of benzene rings is 3. The van der Waals surface area contributed by atoms with Crippen LogP contribution in [0.25, 0.3) is 0 Å². The van der Waals surface area contributed by atoms with Crippen LogP contribution < -0.4 is 19.1 Å². The Morgan fingerprint density at radius 2 is 1.65 bits per heavy atom. The van der Waals surface area contributed by atoms with Crippen molar-refractivity contribution in [3.8, 4) is 11.5 Å². The molecule has 3 aromatic carbocycles. The molecule has 3 aromatic rings. The molecule has 1 N–H and O–H groups in total. The average Bonchev–Trinajstić information content (AvgIpc) is 2.97. The van der Waals surface area contributed by atoms with E-state index in [1.54, 1.807) is 30.3 Å². The number of carbonyl (C=O) groups excluding carboxylic acids is 2. The first-order chi connectivity index (χ1) is 19.1. The highest BCUT2D eigenvalue weighted by Gasteiger charge is 2.34. The number of anilines is 1. The molecule has 1 atom stereocenters. The van der Waals surface area contributed by atoms with Gasteiger partial charge in [0.05, 0.1) is 24.8 Å². The first-order valence-electron chi connectivity index (χ1n) is 12.7. The molecule has 0 bridgehead atoms. The molecule has 0 radical (unpaired) electrons. The van der Waals surface area contributed by atoms with E-state index in [4.69, 9.17) is 9.47 Å². The van der Waals surface area contributed by atoms with Crippen molar-refractivity contribution < 1.29 is 31.9 Å². The lowest BCUT2D eigenvalue weighted by Gasteiger charge is -2.32. The Hall–Kier alpha value is -4.12. The molecule has 0 aliphatic carbocycles. The minimum absolute atomic E-state index is 0.0536. The Morgan fingerprint density at radius 3 is 2.27 bits per heavy atom. The van der Waals surface area contributed by atoms with E-state index >= 15 is 0 Å². The third kappa shape index (κ3) is 7.09. The second kappa shape index (κ2) is 13.8. The van der Waals surface area contributed by atoms with Gasteiger partial charge in [-0.1, -0.05) is 43.3 Å². The first-order valence-corrected chi connectivity index (χ1v) is 14.2. The smallest absolute Gasteiger partial charge is 0.264 e. The Morgan fingerprint density at radius 1 is 0.975 bits per heavy atom. The van der Waals surface area contributed by atoms with Gasteiger partial charge in [0.2, 0.25) is 11.8 Å². The van der Waals surface area contributed by atoms with Crippen LogP contribution in [0, 0.1) is 5.82 Å². The van der Waals surface area contributed by atoms with Gasteiger partial charge in [-0.15, -0.1) is 0 Å². The number of nitrogens with zero attached hydrogens (tertiary/aromatic N) is 2. The van der Waals surface area contributed by atoms with E-state index in [-0.39, 0.29) is 28.4 Å². The summed E-state index contributed by atoms with van der Waals surface area (Å²) in [6, 6.07) is 17.1. The van der Waals surface area contributed by atoms with Gasteiger partial charge in [0, 0.05) is 24.7 Å². The molecule has 0 aromatic heterocycles. The molecule has 3 rings (SSSR count). The lowest BCUT2D eigenvalue weighted by Crippen LogP contribution is -2.51. The zero-order valence-corrected chi connectivity index (χ0v) is 23.8. The summed E-state index contributed by atoms with van der Waals surface area (Å²) in [5, 5.41) is 2.75. The topological polar surface area (TPSA) is 105 Å². The van der Waals surface area contributed by atoms with Crippen LogP contribution in [0.4, 0.5) is 10.1 Å². The van der Waals surface area contributed by atoms with Crippen molar-refractivity contribution in [3.05, 3.63) is 84.2 Å². The minimum Gasteiger partial charge on any atom is -0.497 e. The molecule has 40 heavy (non-hydrogen) atoms. The number of carbonyl (C=O) groups is 2. The van der Waals surface area contributed by atoms with Crippen LogP contribution in [0.3, 0.4) is 0 Å². The van der Waals surface area contributed by atoms with E-state index in [0.717, 1.165) is 4.31 Å². The maximum Gasteiger partial charge on any atom is 0.264 e. The molecule has 0 fully saturated rings. The maximum atomic E-state index is 14.6. The predicted molar refractivity (Wildman–Crippen MR) is 150 cm³/mol. The van der Waals surface area contributed by atoms with Crippen molar-refractivity contribution in [1.82, 2.24) is 10.2 Å². The Balaban J connectivity index is 2.11. The third-order valence-corrected chi connectivity index (χ3v) is 8.05. The highest BCUT2D eigenvalue weighted by atomic mass is 32.2. The predicted octanol–water partition coefficient (Wildman–Crippen LogP) is 3.98. The fraction of sp³-hybridized carbons (Fsp3) is 0.310. The molecule has 214 valence electrons. The standard InChI is InChI=1S/C29H34FN3O6S/c1-5-17-31-29(35)21(2)32(19-22-11-9-10-14-25(22)30)28(34)20-33(40(36,37)24-12-7-6-8-13-24)26-18-23(38-3)15-16-27(26)39-4/h6-16,18,21H,5,17,19-20H2,1-4H3,(H,31,35). The second-order valence-corrected chi connectivity index (χ2v) is 10.8. The van der Waals surface area contributed by atoms with Crippen molar-refractivity contribution in [1.29, 1.82) is 0 Å². The van der Waals surface area contributed by atoms with E-state index in [2.05, 4.69) is 5.32 Å². The third-order valence-electron chi connectivity index (χ3n) is 6.28. The molecule has 0 spiro atoms. The second-order valence-electron chi connectivity index (χ2n) is 8.94. The molecule has 2 amide bonds. The lowest BCUT2D eigenvalue weighted by atomic mass is 10.1. The first kappa shape index (κ1) is 30.4. The van der Waals surface area contributed by atoms with Crippen LogP contribution in [0.1, 0.15) is 25.8 Å². The molecule has 0 heterocycles. The quantitative estimate of drug-likeness (QED) is 0.333. The summed E-state index contributed by atoms with van der Waals surface area (Å²) in [5.74, 6) is -1.19. The zero-order valence-electron chi connectivity index (χ0n) is 23.0. The Kier molecular flexibility index (Phi) is 10.5. The van der Waals surface area contributed by atoms with Crippen LogP contribution >= 0.6 is 0 Å². The van der Waals surface area contributed by atoms with Crippen LogP contribution in [0.15, 0.2) is 77.7 Å². The number of sulfonamides is 1. The number of ether oxygens (including phenoxy) is 2. The molecular weight excluding hydrogens is 537 g/mol. The van der Waals surface area contributed by atoms with Crippen molar-refractivity contribution >= 4 is 27.5 Å². The number of hydrogen-bond acceptors (Lipinski definition) is 6. The fourth-order valence-corrected chi connectivity index (χ4v) is 5.45. The van der Waals surface area contributed by atoms with Crippen LogP contribution in [-0.4, -0.2) is 58.5 Å². The Bertz CT molecular complexity index is 1420. The number of nitrogens with one attached hydrogen (secondary N) is 1. The maximum absolute atomic E-state index is 14.6. The number of amides is 2. The molecule has 1 unspecified atom stereocenters. The van der Waals surface area contributed by atoms with Crippen LogP contribution in [0.5, 0.6) is 11.5 Å². The molecule has 0 saturated carbocycles.